The van der Waals surface area contributed by atoms with Crippen molar-refractivity contribution in [3.63, 3.8) is 0 Å². The van der Waals surface area contributed by atoms with Crippen molar-refractivity contribution in [2.45, 2.75) is 167 Å². The summed E-state index contributed by atoms with van der Waals surface area (Å²) in [5.74, 6) is -0.397. The van der Waals surface area contributed by atoms with Gasteiger partial charge >= 0.3 is 27.6 Å². The molecule has 0 aliphatic heterocycles. The number of unbranched alkanes of at least 4 members (excludes halogenated alkanes) is 12. The predicted molar refractivity (Wildman–Crippen MR) is 222 cm³/mol. The normalized spacial score (nSPS) is 15.2. The highest BCUT2D eigenvalue weighted by molar-refractivity contribution is 7.47. The highest BCUT2D eigenvalue weighted by Gasteiger charge is 2.28. The van der Waals surface area contributed by atoms with Crippen LogP contribution in [0.4, 0.5) is 0 Å². The number of esters is 2. The highest BCUT2D eigenvalue weighted by Crippen LogP contribution is 2.43. The summed E-state index contributed by atoms with van der Waals surface area (Å²) in [5.41, 5.74) is 0. The van der Waals surface area contributed by atoms with E-state index in [0.717, 1.165) is 38.0 Å². The van der Waals surface area contributed by atoms with Gasteiger partial charge in [-0.25, -0.2) is 9.13 Å². The number of allylic oxidation sites excluding steroid dienone is 6. The van der Waals surface area contributed by atoms with Gasteiger partial charge in [-0.1, -0.05) is 140 Å². The zero-order chi connectivity index (χ0) is 42.6. The molecule has 1 unspecified atom stereocenters. The maximum Gasteiger partial charge on any atom is 0.472 e. The molecule has 5 N–H and O–H groups in total. The van der Waals surface area contributed by atoms with Crippen LogP contribution in [-0.2, 0) is 41.8 Å². The van der Waals surface area contributed by atoms with Gasteiger partial charge < -0.3 is 34.4 Å². The van der Waals surface area contributed by atoms with Crippen LogP contribution in [-0.4, -0.2) is 81.6 Å². The molecule has 14 nitrogen and oxygen atoms in total. The molecule has 0 rings (SSSR count). The van der Waals surface area contributed by atoms with Crippen LogP contribution in [0.15, 0.2) is 48.6 Å². The lowest BCUT2D eigenvalue weighted by Gasteiger charge is -2.20. The molecule has 0 aromatic rings. The molecule has 0 spiro atoms. The van der Waals surface area contributed by atoms with Crippen molar-refractivity contribution in [1.29, 1.82) is 0 Å². The SMILES string of the molecule is CCCCC/C=C\C=C/[C@@H](O)C/C=C\C/C=C/CCCC(=O)OC[C@H](COP(=O)(O)OC[C@@H](O)COP(=O)(O)O)OC(=O)CCCCCCCCCCCC(C)C. The smallest absolute Gasteiger partial charge is 0.462 e. The second-order valence-corrected chi connectivity index (χ2v) is 17.3. The molecular formula is C41H74O14P2. The molecule has 4 atom stereocenters. The molecule has 16 heteroatoms. The van der Waals surface area contributed by atoms with Crippen LogP contribution in [0.25, 0.3) is 0 Å². The lowest BCUT2D eigenvalue weighted by molar-refractivity contribution is -0.161. The van der Waals surface area contributed by atoms with Gasteiger partial charge in [0, 0.05) is 12.8 Å². The minimum absolute atomic E-state index is 0.0847. The third kappa shape index (κ3) is 40.6. The van der Waals surface area contributed by atoms with Gasteiger partial charge in [-0.2, -0.15) is 0 Å². The molecule has 0 bridgehead atoms. The van der Waals surface area contributed by atoms with Gasteiger partial charge in [-0.05, 0) is 50.9 Å². The van der Waals surface area contributed by atoms with Crippen LogP contribution in [0.2, 0.25) is 0 Å². The average molecular weight is 853 g/mol. The van der Waals surface area contributed by atoms with E-state index in [1.807, 2.05) is 36.5 Å². The summed E-state index contributed by atoms with van der Waals surface area (Å²) in [6.07, 6.45) is 30.1. The van der Waals surface area contributed by atoms with E-state index in [4.69, 9.17) is 23.8 Å². The second-order valence-electron chi connectivity index (χ2n) is 14.6. The molecule has 0 amide bonds. The Morgan fingerprint density at radius 2 is 1.23 bits per heavy atom. The maximum atomic E-state index is 12.6. The van der Waals surface area contributed by atoms with Crippen molar-refractivity contribution in [1.82, 2.24) is 0 Å². The van der Waals surface area contributed by atoms with E-state index in [1.165, 1.54) is 51.4 Å². The minimum Gasteiger partial charge on any atom is -0.462 e. The summed E-state index contributed by atoms with van der Waals surface area (Å²) in [6.45, 7) is 3.83. The van der Waals surface area contributed by atoms with Crippen molar-refractivity contribution >= 4 is 27.6 Å². The summed E-state index contributed by atoms with van der Waals surface area (Å²) < 4.78 is 47.6. The molecule has 0 radical (unpaired) electrons. The van der Waals surface area contributed by atoms with Gasteiger partial charge in [-0.15, -0.1) is 0 Å². The highest BCUT2D eigenvalue weighted by atomic mass is 31.2. The van der Waals surface area contributed by atoms with Gasteiger partial charge in [0.2, 0.25) is 0 Å². The number of carbonyl (C=O) groups excluding carboxylic acids is 2. The molecule has 0 aromatic carbocycles. The number of rotatable bonds is 38. The fourth-order valence-corrected chi connectivity index (χ4v) is 6.41. The standard InChI is InChI=1S/C41H74O14P2/c1-4-5-6-7-12-18-23-28-37(42)29-24-19-14-11-16-20-25-30-40(44)51-34-39(35-54-57(49,50)53-33-38(43)32-52-56(46,47)48)55-41(45)31-26-21-15-10-8-9-13-17-22-27-36(2)3/h11-12,16,18-19,23-24,28,36-39,42-43H,4-10,13-15,17,20-22,25-27,29-35H2,1-3H3,(H,49,50)(H2,46,47,48)/b16-11+,18-12-,24-19-,28-23-/t37-,38+,39-/m1/s1. The Morgan fingerprint density at radius 3 is 1.89 bits per heavy atom. The largest absolute Gasteiger partial charge is 0.472 e. The Bertz CT molecular complexity index is 1230. The molecule has 0 saturated heterocycles. The van der Waals surface area contributed by atoms with Gasteiger partial charge in [0.25, 0.3) is 0 Å². The zero-order valence-electron chi connectivity index (χ0n) is 34.7. The summed E-state index contributed by atoms with van der Waals surface area (Å²) in [4.78, 5) is 52.5. The van der Waals surface area contributed by atoms with Crippen LogP contribution < -0.4 is 0 Å². The first-order valence-corrected chi connectivity index (χ1v) is 23.8. The Labute approximate surface area is 342 Å². The van der Waals surface area contributed by atoms with E-state index in [2.05, 4.69) is 35.9 Å². The van der Waals surface area contributed by atoms with Crippen molar-refractivity contribution in [2.24, 2.45) is 5.92 Å². The van der Waals surface area contributed by atoms with Gasteiger partial charge in [0.15, 0.2) is 6.10 Å². The van der Waals surface area contributed by atoms with Crippen LogP contribution >= 0.6 is 15.6 Å². The zero-order valence-corrected chi connectivity index (χ0v) is 36.5. The average Bonchev–Trinajstić information content (AvgIpc) is 3.15. The number of aliphatic hydroxyl groups is 2. The number of phosphoric ester groups is 2. The monoisotopic (exact) mass is 852 g/mol. The Kier molecular flexibility index (Phi) is 34.7. The molecule has 0 aromatic heterocycles. The first kappa shape index (κ1) is 55.0. The van der Waals surface area contributed by atoms with E-state index in [9.17, 15) is 33.8 Å². The summed E-state index contributed by atoms with van der Waals surface area (Å²) >= 11 is 0. The van der Waals surface area contributed by atoms with Crippen molar-refractivity contribution in [3.05, 3.63) is 48.6 Å². The number of hydrogen-bond acceptors (Lipinski definition) is 11. The third-order valence-electron chi connectivity index (χ3n) is 8.47. The van der Waals surface area contributed by atoms with Crippen LogP contribution in [0.1, 0.15) is 149 Å². The lowest BCUT2D eigenvalue weighted by atomic mass is 10.0. The van der Waals surface area contributed by atoms with Crippen LogP contribution in [0, 0.1) is 5.92 Å². The summed E-state index contributed by atoms with van der Waals surface area (Å²) in [5, 5.41) is 19.8. The number of ether oxygens (including phenoxy) is 2. The molecular weight excluding hydrogens is 778 g/mol. The van der Waals surface area contributed by atoms with Crippen LogP contribution in [0.5, 0.6) is 0 Å². The molecule has 0 aliphatic carbocycles. The van der Waals surface area contributed by atoms with E-state index >= 15 is 0 Å². The lowest BCUT2D eigenvalue weighted by Crippen LogP contribution is -2.30. The Morgan fingerprint density at radius 1 is 0.632 bits per heavy atom. The minimum atomic E-state index is -4.87. The van der Waals surface area contributed by atoms with Crippen LogP contribution in [0.3, 0.4) is 0 Å². The van der Waals surface area contributed by atoms with E-state index in [-0.39, 0.29) is 12.8 Å². The third-order valence-corrected chi connectivity index (χ3v) is 9.91. The van der Waals surface area contributed by atoms with E-state index < -0.39 is 72.3 Å². The topological polar surface area (TPSA) is 216 Å². The van der Waals surface area contributed by atoms with Gasteiger partial charge in [-0.3, -0.25) is 23.2 Å². The van der Waals surface area contributed by atoms with E-state index in [1.54, 1.807) is 6.08 Å². The molecule has 332 valence electrons. The van der Waals surface area contributed by atoms with Crippen molar-refractivity contribution in [2.75, 3.05) is 26.4 Å². The first-order chi connectivity index (χ1) is 27.1. The first-order valence-electron chi connectivity index (χ1n) is 20.8. The fraction of sp³-hybridized carbons (Fsp3) is 0.756. The maximum absolute atomic E-state index is 12.6. The molecule has 0 heterocycles. The quantitative estimate of drug-likeness (QED) is 0.0129. The Balaban J connectivity index is 4.68. The van der Waals surface area contributed by atoms with Gasteiger partial charge in [0.1, 0.15) is 12.7 Å². The predicted octanol–water partition coefficient (Wildman–Crippen LogP) is 9.11. The van der Waals surface area contributed by atoms with Gasteiger partial charge in [0.05, 0.1) is 25.9 Å². The molecule has 57 heavy (non-hydrogen) atoms. The van der Waals surface area contributed by atoms with Crippen molar-refractivity contribution < 1.29 is 66.7 Å². The number of hydrogen-bond donors (Lipinski definition) is 5. The summed E-state index contributed by atoms with van der Waals surface area (Å²) in [7, 11) is -9.70. The number of aliphatic hydroxyl groups excluding tert-OH is 2. The molecule has 0 aliphatic rings. The number of phosphoric acid groups is 2. The van der Waals surface area contributed by atoms with Crippen molar-refractivity contribution in [3.8, 4) is 0 Å². The second kappa shape index (κ2) is 35.9. The van der Waals surface area contributed by atoms with E-state index in [0.29, 0.717) is 32.1 Å². The molecule has 0 fully saturated rings. The summed E-state index contributed by atoms with van der Waals surface area (Å²) in [6, 6.07) is 0. The molecule has 0 saturated carbocycles. The number of carbonyl (C=O) groups is 2. The Hall–Kier alpha value is -1.96. The fourth-order valence-electron chi connectivity index (χ4n) is 5.25.